The van der Waals surface area contributed by atoms with E-state index in [1.54, 1.807) is 11.0 Å². The summed E-state index contributed by atoms with van der Waals surface area (Å²) in [5.74, 6) is -0.657. The van der Waals surface area contributed by atoms with Gasteiger partial charge in [0.05, 0.1) is 18.1 Å². The molecule has 6 nitrogen and oxygen atoms in total. The van der Waals surface area contributed by atoms with Crippen LogP contribution in [0.2, 0.25) is 0 Å². The second kappa shape index (κ2) is 7.50. The molecule has 2 saturated heterocycles. The summed E-state index contributed by atoms with van der Waals surface area (Å²) in [7, 11) is 0. The first kappa shape index (κ1) is 17.2. The Morgan fingerprint density at radius 1 is 1.29 bits per heavy atom. The Bertz CT molecular complexity index is 716. The van der Waals surface area contributed by atoms with Crippen molar-refractivity contribution in [3.63, 3.8) is 0 Å². The Morgan fingerprint density at radius 2 is 2.04 bits per heavy atom. The van der Waals surface area contributed by atoms with Gasteiger partial charge in [0.2, 0.25) is 5.91 Å². The van der Waals surface area contributed by atoms with Crippen molar-refractivity contribution >= 4 is 50.8 Å². The van der Waals surface area contributed by atoms with E-state index >= 15 is 0 Å². The molecule has 0 bridgehead atoms. The topological polar surface area (TPSA) is 66.9 Å². The molecule has 24 heavy (non-hydrogen) atoms. The maximum Gasteiger partial charge on any atom is 0.294 e. The van der Waals surface area contributed by atoms with Gasteiger partial charge in [0.25, 0.3) is 11.1 Å². The summed E-state index contributed by atoms with van der Waals surface area (Å²) >= 11 is 4.23. The van der Waals surface area contributed by atoms with Crippen LogP contribution in [0.1, 0.15) is 5.56 Å². The minimum Gasteiger partial charge on any atom is -0.378 e. The maximum absolute atomic E-state index is 12.4. The van der Waals surface area contributed by atoms with Crippen LogP contribution in [-0.4, -0.2) is 59.7 Å². The summed E-state index contributed by atoms with van der Waals surface area (Å²) in [6.45, 7) is 1.72. The second-order valence-corrected chi connectivity index (χ2v) is 7.22. The Labute approximate surface area is 151 Å². The van der Waals surface area contributed by atoms with Gasteiger partial charge in [-0.05, 0) is 35.5 Å². The molecular weight excluding hydrogens is 396 g/mol. The molecular formula is C16H15BrN2O4S. The van der Waals surface area contributed by atoms with Crippen molar-refractivity contribution in [2.75, 3.05) is 32.8 Å². The van der Waals surface area contributed by atoms with Crippen LogP contribution < -0.4 is 0 Å². The number of thioether (sulfide) groups is 1. The van der Waals surface area contributed by atoms with Crippen molar-refractivity contribution in [2.24, 2.45) is 0 Å². The molecule has 0 spiro atoms. The largest absolute Gasteiger partial charge is 0.378 e. The van der Waals surface area contributed by atoms with Crippen LogP contribution in [0.25, 0.3) is 6.08 Å². The summed E-state index contributed by atoms with van der Waals surface area (Å²) in [4.78, 5) is 39.7. The quantitative estimate of drug-likeness (QED) is 0.715. The fourth-order valence-corrected chi connectivity index (χ4v) is 3.69. The van der Waals surface area contributed by atoms with Gasteiger partial charge >= 0.3 is 0 Å². The third-order valence-electron chi connectivity index (χ3n) is 3.68. The van der Waals surface area contributed by atoms with Crippen molar-refractivity contribution in [3.8, 4) is 0 Å². The summed E-state index contributed by atoms with van der Waals surface area (Å²) < 4.78 is 6.08. The molecule has 1 aromatic carbocycles. The van der Waals surface area contributed by atoms with E-state index in [4.69, 9.17) is 4.74 Å². The molecule has 0 atom stereocenters. The number of hydrogen-bond donors (Lipinski definition) is 0. The lowest BCUT2D eigenvalue weighted by Crippen LogP contribution is -2.46. The minimum atomic E-state index is -0.424. The Hall–Kier alpha value is -1.64. The standard InChI is InChI=1S/C16H15BrN2O4S/c17-12-3-1-2-11(8-12)9-13-15(21)19(16(22)24-13)10-14(20)18-4-6-23-7-5-18/h1-3,8-9H,4-7,10H2/b13-9-. The molecule has 2 aliphatic heterocycles. The summed E-state index contributed by atoms with van der Waals surface area (Å²) in [6.07, 6.45) is 1.66. The number of rotatable bonds is 3. The number of imide groups is 1. The van der Waals surface area contributed by atoms with Gasteiger partial charge in [-0.2, -0.15) is 0 Å². The van der Waals surface area contributed by atoms with Crippen LogP contribution in [0.15, 0.2) is 33.6 Å². The molecule has 0 saturated carbocycles. The van der Waals surface area contributed by atoms with Crippen molar-refractivity contribution in [1.29, 1.82) is 0 Å². The fourth-order valence-electron chi connectivity index (χ4n) is 2.43. The number of hydrogen-bond acceptors (Lipinski definition) is 5. The fraction of sp³-hybridized carbons (Fsp3) is 0.312. The van der Waals surface area contributed by atoms with E-state index in [1.807, 2.05) is 24.3 Å². The number of ether oxygens (including phenoxy) is 1. The van der Waals surface area contributed by atoms with Crippen molar-refractivity contribution in [1.82, 2.24) is 9.80 Å². The second-order valence-electron chi connectivity index (χ2n) is 5.32. The van der Waals surface area contributed by atoms with Crippen LogP contribution >= 0.6 is 27.7 Å². The molecule has 2 fully saturated rings. The summed E-state index contributed by atoms with van der Waals surface area (Å²) in [5.41, 5.74) is 0.814. The van der Waals surface area contributed by atoms with E-state index in [0.717, 1.165) is 26.7 Å². The molecule has 2 heterocycles. The zero-order valence-corrected chi connectivity index (χ0v) is 15.1. The molecule has 126 valence electrons. The van der Waals surface area contributed by atoms with Crippen molar-refractivity contribution < 1.29 is 19.1 Å². The van der Waals surface area contributed by atoms with E-state index in [0.29, 0.717) is 31.2 Å². The number of halogens is 1. The molecule has 1 aromatic rings. The van der Waals surface area contributed by atoms with E-state index in [9.17, 15) is 14.4 Å². The van der Waals surface area contributed by atoms with Crippen LogP contribution in [0, 0.1) is 0 Å². The smallest absolute Gasteiger partial charge is 0.294 e. The minimum absolute atomic E-state index is 0.222. The van der Waals surface area contributed by atoms with Crippen LogP contribution in [-0.2, 0) is 14.3 Å². The lowest BCUT2D eigenvalue weighted by molar-refractivity contribution is -0.139. The third-order valence-corrected chi connectivity index (χ3v) is 5.08. The number of morpholine rings is 1. The maximum atomic E-state index is 12.4. The average Bonchev–Trinajstić information content (AvgIpc) is 2.83. The van der Waals surface area contributed by atoms with Gasteiger partial charge in [-0.25, -0.2) is 0 Å². The normalized spacial score (nSPS) is 20.1. The Morgan fingerprint density at radius 3 is 2.75 bits per heavy atom. The van der Waals surface area contributed by atoms with E-state index in [-0.39, 0.29) is 12.5 Å². The zero-order chi connectivity index (χ0) is 17.1. The summed E-state index contributed by atoms with van der Waals surface area (Å²) in [5, 5.41) is -0.414. The number of carbonyl (C=O) groups is 3. The van der Waals surface area contributed by atoms with Crippen molar-refractivity contribution in [3.05, 3.63) is 39.2 Å². The predicted molar refractivity (Wildman–Crippen MR) is 94.2 cm³/mol. The SMILES string of the molecule is O=C(CN1C(=O)S/C(=C\c2cccc(Br)c2)C1=O)N1CCOCC1. The first-order valence-corrected chi connectivity index (χ1v) is 9.02. The predicted octanol–water partition coefficient (Wildman–Crippen LogP) is 2.34. The van der Waals surface area contributed by atoms with Gasteiger partial charge in [0.15, 0.2) is 0 Å². The highest BCUT2D eigenvalue weighted by atomic mass is 79.9. The van der Waals surface area contributed by atoms with Crippen LogP contribution in [0.3, 0.4) is 0 Å². The first-order valence-electron chi connectivity index (χ1n) is 7.41. The molecule has 0 N–H and O–H groups in total. The van der Waals surface area contributed by atoms with Gasteiger partial charge in [0.1, 0.15) is 6.54 Å². The number of nitrogens with zero attached hydrogens (tertiary/aromatic N) is 2. The van der Waals surface area contributed by atoms with Crippen LogP contribution in [0.4, 0.5) is 4.79 Å². The highest BCUT2D eigenvalue weighted by Crippen LogP contribution is 2.32. The van der Waals surface area contributed by atoms with Gasteiger partial charge < -0.3 is 9.64 Å². The number of amides is 3. The summed E-state index contributed by atoms with van der Waals surface area (Å²) in [6, 6.07) is 7.43. The highest BCUT2D eigenvalue weighted by molar-refractivity contribution is 9.10. The highest BCUT2D eigenvalue weighted by Gasteiger charge is 2.37. The number of carbonyl (C=O) groups excluding carboxylic acids is 3. The Balaban J connectivity index is 1.71. The van der Waals surface area contributed by atoms with Crippen molar-refractivity contribution in [2.45, 2.75) is 0 Å². The van der Waals surface area contributed by atoms with E-state index in [1.165, 1.54) is 0 Å². The molecule has 0 unspecified atom stereocenters. The average molecular weight is 411 g/mol. The molecule has 0 aliphatic carbocycles. The van der Waals surface area contributed by atoms with Gasteiger partial charge in [-0.1, -0.05) is 28.1 Å². The first-order chi connectivity index (χ1) is 11.5. The lowest BCUT2D eigenvalue weighted by Gasteiger charge is -2.28. The molecule has 8 heteroatoms. The van der Waals surface area contributed by atoms with Gasteiger partial charge in [0, 0.05) is 17.6 Å². The van der Waals surface area contributed by atoms with E-state index < -0.39 is 11.1 Å². The lowest BCUT2D eigenvalue weighted by atomic mass is 10.2. The monoisotopic (exact) mass is 410 g/mol. The third kappa shape index (κ3) is 3.88. The van der Waals surface area contributed by atoms with E-state index in [2.05, 4.69) is 15.9 Å². The Kier molecular flexibility index (Phi) is 5.37. The molecule has 0 radical (unpaired) electrons. The van der Waals surface area contributed by atoms with Gasteiger partial charge in [-0.3, -0.25) is 19.3 Å². The molecule has 2 aliphatic rings. The molecule has 3 amide bonds. The number of benzene rings is 1. The van der Waals surface area contributed by atoms with Crippen LogP contribution in [0.5, 0.6) is 0 Å². The molecule has 3 rings (SSSR count). The van der Waals surface area contributed by atoms with Gasteiger partial charge in [-0.15, -0.1) is 0 Å². The molecule has 0 aromatic heterocycles. The zero-order valence-electron chi connectivity index (χ0n) is 12.7.